The largest absolute Gasteiger partial charge is 0.405 e. The van der Waals surface area contributed by atoms with Gasteiger partial charge in [0, 0.05) is 12.1 Å². The average molecular weight is 322 g/mol. The standard InChI is InChI=1S/C12H13F3N2O3S/c13-12(14,15)8-16-11(18)9-3-1-4-10(7-9)17-5-2-6-21(17,19)20/h1,3-4,7H,2,5-6,8H2,(H,16,18). The number of nitrogens with zero attached hydrogens (tertiary/aromatic N) is 1. The van der Waals surface area contributed by atoms with Crippen molar-refractivity contribution in [2.75, 3.05) is 23.1 Å². The number of nitrogens with one attached hydrogen (secondary N) is 1. The Morgan fingerprint density at radius 1 is 1.33 bits per heavy atom. The number of carbonyl (C=O) groups is 1. The van der Waals surface area contributed by atoms with E-state index in [0.717, 1.165) is 4.31 Å². The summed E-state index contributed by atoms with van der Waals surface area (Å²) in [6, 6.07) is 5.54. The lowest BCUT2D eigenvalue weighted by atomic mass is 10.2. The van der Waals surface area contributed by atoms with Gasteiger partial charge in [0.2, 0.25) is 10.0 Å². The van der Waals surface area contributed by atoms with Crippen molar-refractivity contribution in [1.82, 2.24) is 5.32 Å². The number of hydrogen-bond acceptors (Lipinski definition) is 3. The highest BCUT2D eigenvalue weighted by Gasteiger charge is 2.30. The minimum Gasteiger partial charge on any atom is -0.343 e. The van der Waals surface area contributed by atoms with E-state index in [4.69, 9.17) is 0 Å². The molecule has 0 unspecified atom stereocenters. The predicted octanol–water partition coefficient (Wildman–Crippen LogP) is 1.52. The van der Waals surface area contributed by atoms with Crippen LogP contribution in [0.1, 0.15) is 16.8 Å². The third kappa shape index (κ3) is 3.87. The molecule has 0 saturated carbocycles. The molecular weight excluding hydrogens is 309 g/mol. The van der Waals surface area contributed by atoms with E-state index in [1.54, 1.807) is 5.32 Å². The number of anilines is 1. The van der Waals surface area contributed by atoms with Crippen molar-refractivity contribution in [2.24, 2.45) is 0 Å². The van der Waals surface area contributed by atoms with Gasteiger partial charge in [-0.3, -0.25) is 9.10 Å². The number of alkyl halides is 3. The van der Waals surface area contributed by atoms with Crippen molar-refractivity contribution in [2.45, 2.75) is 12.6 Å². The summed E-state index contributed by atoms with van der Waals surface area (Å²) < 4.78 is 60.9. The molecule has 116 valence electrons. The zero-order valence-electron chi connectivity index (χ0n) is 10.9. The second-order valence-corrected chi connectivity index (χ2v) is 6.60. The van der Waals surface area contributed by atoms with Gasteiger partial charge >= 0.3 is 6.18 Å². The molecule has 1 aromatic rings. The molecule has 2 rings (SSSR count). The quantitative estimate of drug-likeness (QED) is 0.917. The SMILES string of the molecule is O=C(NCC(F)(F)F)c1cccc(N2CCCS2(=O)=O)c1. The zero-order chi connectivity index (χ0) is 15.7. The highest BCUT2D eigenvalue weighted by molar-refractivity contribution is 7.93. The highest BCUT2D eigenvalue weighted by Crippen LogP contribution is 2.24. The number of halogens is 3. The number of amides is 1. The number of hydrogen-bond donors (Lipinski definition) is 1. The van der Waals surface area contributed by atoms with Crippen LogP contribution in [0.2, 0.25) is 0 Å². The van der Waals surface area contributed by atoms with Crippen LogP contribution in [0.25, 0.3) is 0 Å². The van der Waals surface area contributed by atoms with Gasteiger partial charge in [0.25, 0.3) is 5.91 Å². The molecule has 0 bridgehead atoms. The molecule has 5 nitrogen and oxygen atoms in total. The normalized spacial score (nSPS) is 17.8. The van der Waals surface area contributed by atoms with E-state index in [0.29, 0.717) is 13.0 Å². The fraction of sp³-hybridized carbons (Fsp3) is 0.417. The molecule has 21 heavy (non-hydrogen) atoms. The topological polar surface area (TPSA) is 66.5 Å². The van der Waals surface area contributed by atoms with Crippen LogP contribution in [-0.2, 0) is 10.0 Å². The van der Waals surface area contributed by atoms with Crippen LogP contribution in [0, 0.1) is 0 Å². The van der Waals surface area contributed by atoms with Crippen molar-refractivity contribution in [1.29, 1.82) is 0 Å². The number of sulfonamides is 1. The average Bonchev–Trinajstić information content (AvgIpc) is 2.75. The minimum atomic E-state index is -4.49. The molecule has 0 spiro atoms. The van der Waals surface area contributed by atoms with Crippen molar-refractivity contribution < 1.29 is 26.4 Å². The molecule has 1 aromatic carbocycles. The molecular formula is C12H13F3N2O3S. The fourth-order valence-corrected chi connectivity index (χ4v) is 3.57. The lowest BCUT2D eigenvalue weighted by Gasteiger charge is -2.17. The molecule has 1 fully saturated rings. The zero-order valence-corrected chi connectivity index (χ0v) is 11.7. The van der Waals surface area contributed by atoms with E-state index in [1.165, 1.54) is 24.3 Å². The van der Waals surface area contributed by atoms with E-state index < -0.39 is 28.7 Å². The van der Waals surface area contributed by atoms with Gasteiger partial charge in [0.05, 0.1) is 11.4 Å². The van der Waals surface area contributed by atoms with Gasteiger partial charge in [0.15, 0.2) is 0 Å². The van der Waals surface area contributed by atoms with Gasteiger partial charge in [-0.05, 0) is 24.6 Å². The number of carbonyl (C=O) groups excluding carboxylic acids is 1. The molecule has 9 heteroatoms. The molecule has 1 aliphatic rings. The van der Waals surface area contributed by atoms with E-state index in [-0.39, 0.29) is 17.0 Å². The molecule has 0 aliphatic carbocycles. The summed E-state index contributed by atoms with van der Waals surface area (Å²) in [6.45, 7) is -1.13. The first-order chi connectivity index (χ1) is 9.69. The smallest absolute Gasteiger partial charge is 0.343 e. The van der Waals surface area contributed by atoms with E-state index >= 15 is 0 Å². The van der Waals surface area contributed by atoms with E-state index in [1.807, 2.05) is 0 Å². The maximum atomic E-state index is 12.1. The van der Waals surface area contributed by atoms with Gasteiger partial charge in [-0.2, -0.15) is 13.2 Å². The molecule has 1 N–H and O–H groups in total. The Bertz CT molecular complexity index is 643. The Kier molecular flexibility index (Phi) is 4.13. The Morgan fingerprint density at radius 3 is 2.62 bits per heavy atom. The second-order valence-electron chi connectivity index (χ2n) is 4.59. The summed E-state index contributed by atoms with van der Waals surface area (Å²) in [4.78, 5) is 11.6. The Hall–Kier alpha value is -1.77. The van der Waals surface area contributed by atoms with Crippen LogP contribution in [0.15, 0.2) is 24.3 Å². The number of rotatable bonds is 3. The van der Waals surface area contributed by atoms with Crippen molar-refractivity contribution in [3.05, 3.63) is 29.8 Å². The minimum absolute atomic E-state index is 0.0150. The van der Waals surface area contributed by atoms with Crippen molar-refractivity contribution in [3.63, 3.8) is 0 Å². The Morgan fingerprint density at radius 2 is 2.05 bits per heavy atom. The van der Waals surface area contributed by atoms with Crippen LogP contribution in [-0.4, -0.2) is 39.3 Å². The predicted molar refractivity (Wildman–Crippen MR) is 70.6 cm³/mol. The molecule has 1 amide bonds. The van der Waals surface area contributed by atoms with Crippen LogP contribution >= 0.6 is 0 Å². The summed E-state index contributed by atoms with van der Waals surface area (Å²) in [7, 11) is -3.40. The molecule has 1 heterocycles. The van der Waals surface area contributed by atoms with E-state index in [9.17, 15) is 26.4 Å². The van der Waals surface area contributed by atoms with Crippen LogP contribution in [0.3, 0.4) is 0 Å². The van der Waals surface area contributed by atoms with Gasteiger partial charge in [0.1, 0.15) is 6.54 Å². The first-order valence-electron chi connectivity index (χ1n) is 6.14. The van der Waals surface area contributed by atoms with Crippen molar-refractivity contribution >= 4 is 21.6 Å². The monoisotopic (exact) mass is 322 g/mol. The Balaban J connectivity index is 2.16. The second kappa shape index (κ2) is 5.55. The van der Waals surface area contributed by atoms with Gasteiger partial charge < -0.3 is 5.32 Å². The summed E-state index contributed by atoms with van der Waals surface area (Å²) in [5.41, 5.74) is 0.269. The van der Waals surface area contributed by atoms with Crippen LogP contribution in [0.4, 0.5) is 18.9 Å². The van der Waals surface area contributed by atoms with Crippen LogP contribution in [0.5, 0.6) is 0 Å². The fourth-order valence-electron chi connectivity index (χ4n) is 2.01. The third-order valence-electron chi connectivity index (χ3n) is 2.94. The lowest BCUT2D eigenvalue weighted by molar-refractivity contribution is -0.123. The third-order valence-corrected chi connectivity index (χ3v) is 4.81. The van der Waals surface area contributed by atoms with Gasteiger partial charge in [-0.1, -0.05) is 6.07 Å². The lowest BCUT2D eigenvalue weighted by Crippen LogP contribution is -2.33. The summed E-state index contributed by atoms with van der Waals surface area (Å²) in [5, 5.41) is 1.75. The van der Waals surface area contributed by atoms with Gasteiger partial charge in [-0.15, -0.1) is 0 Å². The molecule has 1 saturated heterocycles. The summed E-state index contributed by atoms with van der Waals surface area (Å²) >= 11 is 0. The summed E-state index contributed by atoms with van der Waals surface area (Å²) in [6.07, 6.45) is -4.02. The van der Waals surface area contributed by atoms with Gasteiger partial charge in [-0.25, -0.2) is 8.42 Å². The van der Waals surface area contributed by atoms with Crippen molar-refractivity contribution in [3.8, 4) is 0 Å². The van der Waals surface area contributed by atoms with E-state index in [2.05, 4.69) is 0 Å². The first-order valence-corrected chi connectivity index (χ1v) is 7.75. The molecule has 0 radical (unpaired) electrons. The highest BCUT2D eigenvalue weighted by atomic mass is 32.2. The first kappa shape index (κ1) is 15.6. The summed E-state index contributed by atoms with van der Waals surface area (Å²) in [5.74, 6) is -0.872. The maximum absolute atomic E-state index is 12.1. The van der Waals surface area contributed by atoms with Crippen LogP contribution < -0.4 is 9.62 Å². The maximum Gasteiger partial charge on any atom is 0.405 e. The number of benzene rings is 1. The molecule has 0 aromatic heterocycles. The molecule has 0 atom stereocenters. The molecule has 1 aliphatic heterocycles. The Labute approximate surface area is 119 Å².